The fourth-order valence-corrected chi connectivity index (χ4v) is 2.89. The quantitative estimate of drug-likeness (QED) is 0.742. The molecule has 1 saturated carbocycles. The van der Waals surface area contributed by atoms with Crippen molar-refractivity contribution in [3.63, 3.8) is 0 Å². The van der Waals surface area contributed by atoms with Crippen LogP contribution in [0, 0.1) is 11.8 Å². The third kappa shape index (κ3) is 3.73. The molecule has 0 saturated heterocycles. The number of ether oxygens (including phenoxy) is 1. The first-order valence-corrected chi connectivity index (χ1v) is 6.45. The Balaban J connectivity index is 2.40. The number of carbonyl (C=O) groups excluding carboxylic acids is 2. The zero-order chi connectivity index (χ0) is 13.0. The van der Waals surface area contributed by atoms with E-state index in [1.54, 1.807) is 6.92 Å². The van der Waals surface area contributed by atoms with E-state index in [1.165, 1.54) is 18.9 Å². The smallest absolute Gasteiger partial charge is 0.318 e. The lowest BCUT2D eigenvalue weighted by Crippen LogP contribution is -2.18. The Morgan fingerprint density at radius 3 is 2.71 bits per heavy atom. The summed E-state index contributed by atoms with van der Waals surface area (Å²) < 4.78 is 4.57. The first kappa shape index (κ1) is 14.0. The van der Waals surface area contributed by atoms with E-state index in [9.17, 15) is 14.4 Å². The molecule has 3 atom stereocenters. The molecule has 1 N–H and O–H groups in total. The summed E-state index contributed by atoms with van der Waals surface area (Å²) in [5.74, 6) is -1.56. The topological polar surface area (TPSA) is 80.7 Å². The largest absolute Gasteiger partial charge is 0.481 e. The van der Waals surface area contributed by atoms with Crippen molar-refractivity contribution in [2.45, 2.75) is 25.0 Å². The number of thioether (sulfide) groups is 1. The van der Waals surface area contributed by atoms with Gasteiger partial charge in [-0.15, -0.1) is 11.8 Å². The highest BCUT2D eigenvalue weighted by molar-refractivity contribution is 8.00. The number of carbonyl (C=O) groups is 3. The van der Waals surface area contributed by atoms with Crippen molar-refractivity contribution in [3.05, 3.63) is 0 Å². The summed E-state index contributed by atoms with van der Waals surface area (Å²) in [4.78, 5) is 33.4. The van der Waals surface area contributed by atoms with Crippen LogP contribution in [0.5, 0.6) is 0 Å². The van der Waals surface area contributed by atoms with Crippen LogP contribution in [0.25, 0.3) is 0 Å². The van der Waals surface area contributed by atoms with E-state index in [0.717, 1.165) is 0 Å². The Labute approximate surface area is 104 Å². The first-order valence-electron chi connectivity index (χ1n) is 5.40. The number of carboxylic acid groups (broad SMARTS) is 1. The van der Waals surface area contributed by atoms with Gasteiger partial charge in [-0.3, -0.25) is 14.4 Å². The summed E-state index contributed by atoms with van der Waals surface area (Å²) in [5, 5.41) is 8.50. The van der Waals surface area contributed by atoms with Crippen molar-refractivity contribution >= 4 is 29.5 Å². The van der Waals surface area contributed by atoms with Crippen molar-refractivity contribution in [1.82, 2.24) is 0 Å². The maximum absolute atomic E-state index is 11.5. The summed E-state index contributed by atoms with van der Waals surface area (Å²) in [6.07, 6.45) is 0.502. The number of hydrogen-bond donors (Lipinski definition) is 1. The molecule has 0 heterocycles. The number of aliphatic carboxylic acids is 1. The predicted octanol–water partition coefficient (Wildman–Crippen LogP) is 0.961. The summed E-state index contributed by atoms with van der Waals surface area (Å²) in [6, 6.07) is 0. The zero-order valence-corrected chi connectivity index (χ0v) is 10.7. The van der Waals surface area contributed by atoms with Gasteiger partial charge in [-0.25, -0.2) is 0 Å². The van der Waals surface area contributed by atoms with Crippen molar-refractivity contribution in [2.24, 2.45) is 11.8 Å². The molecule has 1 fully saturated rings. The average Bonchev–Trinajstić information content (AvgIpc) is 2.66. The van der Waals surface area contributed by atoms with Gasteiger partial charge in [-0.05, 0) is 13.3 Å². The van der Waals surface area contributed by atoms with Gasteiger partial charge in [0.15, 0.2) is 0 Å². The standard InChI is InChI=1S/C11H16O5S/c1-6(11(15)16-2)17-5-8-3-7(10(13)14)4-9(8)12/h6-8H,3-5H2,1-2H3,(H,13,14). The number of ketones is 1. The number of Topliss-reactive ketones (excluding diaryl/α,β-unsaturated/α-hetero) is 1. The number of rotatable bonds is 5. The maximum atomic E-state index is 11.5. The van der Waals surface area contributed by atoms with Gasteiger partial charge in [0, 0.05) is 18.1 Å². The highest BCUT2D eigenvalue weighted by Crippen LogP contribution is 2.31. The van der Waals surface area contributed by atoms with E-state index in [4.69, 9.17) is 5.11 Å². The second-order valence-electron chi connectivity index (χ2n) is 4.14. The summed E-state index contributed by atoms with van der Waals surface area (Å²) in [5.41, 5.74) is 0. The lowest BCUT2D eigenvalue weighted by atomic mass is 10.1. The highest BCUT2D eigenvalue weighted by Gasteiger charge is 2.36. The number of esters is 1. The monoisotopic (exact) mass is 260 g/mol. The highest BCUT2D eigenvalue weighted by atomic mass is 32.2. The Morgan fingerprint density at radius 1 is 1.59 bits per heavy atom. The predicted molar refractivity (Wildman–Crippen MR) is 62.8 cm³/mol. The second kappa shape index (κ2) is 6.05. The van der Waals surface area contributed by atoms with Gasteiger partial charge < -0.3 is 9.84 Å². The molecule has 5 nitrogen and oxygen atoms in total. The van der Waals surface area contributed by atoms with Gasteiger partial charge in [0.25, 0.3) is 0 Å². The van der Waals surface area contributed by atoms with E-state index in [-0.39, 0.29) is 29.3 Å². The number of hydrogen-bond acceptors (Lipinski definition) is 5. The molecule has 3 unspecified atom stereocenters. The molecule has 0 radical (unpaired) electrons. The summed E-state index contributed by atoms with van der Waals surface area (Å²) in [7, 11) is 1.32. The van der Waals surface area contributed by atoms with Gasteiger partial charge in [0.2, 0.25) is 0 Å². The van der Waals surface area contributed by atoms with Crippen LogP contribution in [0.2, 0.25) is 0 Å². The maximum Gasteiger partial charge on any atom is 0.318 e. The Kier molecular flexibility index (Phi) is 4.99. The van der Waals surface area contributed by atoms with Crippen molar-refractivity contribution in [2.75, 3.05) is 12.9 Å². The van der Waals surface area contributed by atoms with Crippen molar-refractivity contribution < 1.29 is 24.2 Å². The second-order valence-corrected chi connectivity index (χ2v) is 5.51. The van der Waals surface area contributed by atoms with Crippen molar-refractivity contribution in [1.29, 1.82) is 0 Å². The lowest BCUT2D eigenvalue weighted by molar-refractivity contribution is -0.142. The fourth-order valence-electron chi connectivity index (χ4n) is 1.81. The van der Waals surface area contributed by atoms with Gasteiger partial charge in [0.1, 0.15) is 5.78 Å². The van der Waals surface area contributed by atoms with Crippen LogP contribution in [0.3, 0.4) is 0 Å². The van der Waals surface area contributed by atoms with E-state index >= 15 is 0 Å². The first-order chi connectivity index (χ1) is 7.95. The summed E-state index contributed by atoms with van der Waals surface area (Å²) >= 11 is 1.34. The van der Waals surface area contributed by atoms with Crippen LogP contribution in [-0.2, 0) is 19.1 Å². The average molecular weight is 260 g/mol. The van der Waals surface area contributed by atoms with Crippen molar-refractivity contribution in [3.8, 4) is 0 Å². The molecule has 96 valence electrons. The fraction of sp³-hybridized carbons (Fsp3) is 0.727. The normalized spacial score (nSPS) is 25.6. The third-order valence-corrected chi connectivity index (χ3v) is 4.19. The molecule has 0 aromatic rings. The molecular formula is C11H16O5S. The van der Waals surface area contributed by atoms with E-state index in [0.29, 0.717) is 12.2 Å². The summed E-state index contributed by atoms with van der Waals surface area (Å²) in [6.45, 7) is 1.71. The van der Waals surface area contributed by atoms with E-state index in [2.05, 4.69) is 4.74 Å². The third-order valence-electron chi connectivity index (χ3n) is 2.90. The minimum absolute atomic E-state index is 0.0121. The van der Waals surface area contributed by atoms with Gasteiger partial charge in [0.05, 0.1) is 18.3 Å². The molecule has 0 aromatic carbocycles. The van der Waals surface area contributed by atoms with Crippen LogP contribution in [0.15, 0.2) is 0 Å². The molecule has 0 aliphatic heterocycles. The zero-order valence-electron chi connectivity index (χ0n) is 9.84. The lowest BCUT2D eigenvalue weighted by Gasteiger charge is -2.11. The van der Waals surface area contributed by atoms with Crippen LogP contribution >= 0.6 is 11.8 Å². The van der Waals surface area contributed by atoms with E-state index < -0.39 is 11.9 Å². The molecule has 1 rings (SSSR count). The Morgan fingerprint density at radius 2 is 2.24 bits per heavy atom. The number of carboxylic acids is 1. The van der Waals surface area contributed by atoms with Gasteiger partial charge >= 0.3 is 11.9 Å². The molecule has 0 aromatic heterocycles. The molecule has 17 heavy (non-hydrogen) atoms. The van der Waals surface area contributed by atoms with Crippen LogP contribution in [0.1, 0.15) is 19.8 Å². The molecule has 1 aliphatic rings. The molecule has 0 spiro atoms. The Bertz CT molecular complexity index is 328. The molecule has 0 amide bonds. The van der Waals surface area contributed by atoms with Gasteiger partial charge in [-0.1, -0.05) is 0 Å². The SMILES string of the molecule is COC(=O)C(C)SCC1CC(C(=O)O)CC1=O. The van der Waals surface area contributed by atoms with Crippen LogP contribution < -0.4 is 0 Å². The minimum Gasteiger partial charge on any atom is -0.481 e. The number of methoxy groups -OCH3 is 1. The minimum atomic E-state index is -0.910. The molecule has 1 aliphatic carbocycles. The Hall–Kier alpha value is -1.04. The van der Waals surface area contributed by atoms with Gasteiger partial charge in [-0.2, -0.15) is 0 Å². The molecular weight excluding hydrogens is 244 g/mol. The molecule has 0 bridgehead atoms. The molecule has 6 heteroatoms. The van der Waals surface area contributed by atoms with E-state index in [1.807, 2.05) is 0 Å². The van der Waals surface area contributed by atoms with Crippen LogP contribution in [0.4, 0.5) is 0 Å². The van der Waals surface area contributed by atoms with Crippen LogP contribution in [-0.4, -0.2) is 40.9 Å².